The number of nitrogens with zero attached hydrogens (tertiary/aromatic N) is 2. The predicted octanol–water partition coefficient (Wildman–Crippen LogP) is 1.67. The molecule has 1 aliphatic rings. The van der Waals surface area contributed by atoms with Crippen LogP contribution in [0.4, 0.5) is 0 Å². The Labute approximate surface area is 101 Å². The molecule has 96 valence electrons. The van der Waals surface area contributed by atoms with E-state index in [2.05, 4.69) is 10.1 Å². The van der Waals surface area contributed by atoms with Crippen LogP contribution in [-0.4, -0.2) is 34.6 Å². The summed E-state index contributed by atoms with van der Waals surface area (Å²) in [6.07, 6.45) is 3.73. The highest BCUT2D eigenvalue weighted by Crippen LogP contribution is 2.24. The van der Waals surface area contributed by atoms with Crippen LogP contribution in [0.3, 0.4) is 0 Å². The first-order valence-electron chi connectivity index (χ1n) is 6.38. The van der Waals surface area contributed by atoms with Crippen molar-refractivity contribution in [1.29, 1.82) is 0 Å². The van der Waals surface area contributed by atoms with E-state index in [4.69, 9.17) is 9.26 Å². The fourth-order valence-electron chi connectivity index (χ4n) is 2.11. The molecule has 0 spiro atoms. The molecule has 1 saturated heterocycles. The van der Waals surface area contributed by atoms with Crippen LogP contribution in [0.1, 0.15) is 50.2 Å². The summed E-state index contributed by atoms with van der Waals surface area (Å²) >= 11 is 0. The normalized spacial score (nSPS) is 19.4. The minimum absolute atomic E-state index is 0.351. The SMILES string of the molecule is CCCC(O)Cc1nc(C2CCOCC2)no1. The van der Waals surface area contributed by atoms with Gasteiger partial charge in [0.25, 0.3) is 0 Å². The average molecular weight is 240 g/mol. The second kappa shape index (κ2) is 6.12. The fourth-order valence-corrected chi connectivity index (χ4v) is 2.11. The van der Waals surface area contributed by atoms with Crippen molar-refractivity contribution in [3.05, 3.63) is 11.7 Å². The van der Waals surface area contributed by atoms with Gasteiger partial charge < -0.3 is 14.4 Å². The Morgan fingerprint density at radius 1 is 1.41 bits per heavy atom. The summed E-state index contributed by atoms with van der Waals surface area (Å²) in [6, 6.07) is 0. The first-order chi connectivity index (χ1) is 8.29. The lowest BCUT2D eigenvalue weighted by molar-refractivity contribution is 0.0830. The van der Waals surface area contributed by atoms with Crippen LogP contribution in [0.5, 0.6) is 0 Å². The predicted molar refractivity (Wildman–Crippen MR) is 61.7 cm³/mol. The van der Waals surface area contributed by atoms with E-state index in [0.717, 1.165) is 44.7 Å². The third kappa shape index (κ3) is 3.51. The first-order valence-corrected chi connectivity index (χ1v) is 6.38. The van der Waals surface area contributed by atoms with E-state index >= 15 is 0 Å². The zero-order chi connectivity index (χ0) is 12.1. The standard InChI is InChI=1S/C12H20N2O3/c1-2-3-10(15)8-11-13-12(14-17-11)9-4-6-16-7-5-9/h9-10,15H,2-8H2,1H3. The highest BCUT2D eigenvalue weighted by molar-refractivity contribution is 4.97. The van der Waals surface area contributed by atoms with Crippen molar-refractivity contribution in [3.63, 3.8) is 0 Å². The molecule has 1 atom stereocenters. The highest BCUT2D eigenvalue weighted by atomic mass is 16.5. The first kappa shape index (κ1) is 12.5. The molecule has 0 aliphatic carbocycles. The molecular formula is C12H20N2O3. The molecule has 1 aromatic heterocycles. The van der Waals surface area contributed by atoms with E-state index < -0.39 is 0 Å². The Morgan fingerprint density at radius 3 is 2.88 bits per heavy atom. The number of hydrogen-bond donors (Lipinski definition) is 1. The number of ether oxygens (including phenoxy) is 1. The van der Waals surface area contributed by atoms with Gasteiger partial charge >= 0.3 is 0 Å². The third-order valence-corrected chi connectivity index (χ3v) is 3.10. The largest absolute Gasteiger partial charge is 0.393 e. The van der Waals surface area contributed by atoms with Gasteiger partial charge in [-0.3, -0.25) is 0 Å². The van der Waals surface area contributed by atoms with E-state index in [9.17, 15) is 5.11 Å². The summed E-state index contributed by atoms with van der Waals surface area (Å²) in [4.78, 5) is 4.36. The molecule has 2 rings (SSSR count). The van der Waals surface area contributed by atoms with E-state index in [1.165, 1.54) is 0 Å². The van der Waals surface area contributed by atoms with E-state index in [0.29, 0.717) is 18.2 Å². The third-order valence-electron chi connectivity index (χ3n) is 3.10. The summed E-state index contributed by atoms with van der Waals surface area (Å²) in [5.74, 6) is 1.67. The number of hydrogen-bond acceptors (Lipinski definition) is 5. The van der Waals surface area contributed by atoms with E-state index in [-0.39, 0.29) is 6.10 Å². The van der Waals surface area contributed by atoms with Gasteiger partial charge in [-0.2, -0.15) is 4.98 Å². The molecule has 1 aliphatic heterocycles. The van der Waals surface area contributed by atoms with Crippen molar-refractivity contribution >= 4 is 0 Å². The fraction of sp³-hybridized carbons (Fsp3) is 0.833. The second-order valence-corrected chi connectivity index (χ2v) is 4.58. The van der Waals surface area contributed by atoms with Gasteiger partial charge in [0.15, 0.2) is 5.82 Å². The molecule has 5 nitrogen and oxygen atoms in total. The molecule has 5 heteroatoms. The molecule has 1 fully saturated rings. The van der Waals surface area contributed by atoms with Crippen molar-refractivity contribution < 1.29 is 14.4 Å². The lowest BCUT2D eigenvalue weighted by atomic mass is 10.00. The maximum atomic E-state index is 9.67. The maximum absolute atomic E-state index is 9.67. The molecule has 1 aromatic rings. The average Bonchev–Trinajstić information content (AvgIpc) is 2.79. The van der Waals surface area contributed by atoms with Gasteiger partial charge in [-0.05, 0) is 19.3 Å². The van der Waals surface area contributed by atoms with Gasteiger partial charge in [0, 0.05) is 19.1 Å². The van der Waals surface area contributed by atoms with Gasteiger partial charge in [-0.15, -0.1) is 0 Å². The summed E-state index contributed by atoms with van der Waals surface area (Å²) < 4.78 is 10.5. The topological polar surface area (TPSA) is 68.4 Å². The van der Waals surface area contributed by atoms with E-state index in [1.807, 2.05) is 6.92 Å². The van der Waals surface area contributed by atoms with Crippen LogP contribution < -0.4 is 0 Å². The molecule has 0 radical (unpaired) electrons. The summed E-state index contributed by atoms with van der Waals surface area (Å²) in [5.41, 5.74) is 0. The monoisotopic (exact) mass is 240 g/mol. The smallest absolute Gasteiger partial charge is 0.229 e. The molecule has 0 aromatic carbocycles. The van der Waals surface area contributed by atoms with Gasteiger partial charge in [0.2, 0.25) is 5.89 Å². The van der Waals surface area contributed by atoms with Crippen molar-refractivity contribution in [3.8, 4) is 0 Å². The van der Waals surface area contributed by atoms with Gasteiger partial charge in [-0.1, -0.05) is 18.5 Å². The minimum atomic E-state index is -0.372. The van der Waals surface area contributed by atoms with Gasteiger partial charge in [0.1, 0.15) is 0 Å². The van der Waals surface area contributed by atoms with Gasteiger partial charge in [0.05, 0.1) is 12.5 Å². The van der Waals surface area contributed by atoms with Crippen molar-refractivity contribution in [1.82, 2.24) is 10.1 Å². The van der Waals surface area contributed by atoms with Gasteiger partial charge in [-0.25, -0.2) is 0 Å². The highest BCUT2D eigenvalue weighted by Gasteiger charge is 2.21. The van der Waals surface area contributed by atoms with Crippen LogP contribution in [0.15, 0.2) is 4.52 Å². The molecule has 0 saturated carbocycles. The molecule has 1 unspecified atom stereocenters. The number of aromatic nitrogens is 2. The summed E-state index contributed by atoms with van der Waals surface area (Å²) in [6.45, 7) is 3.59. The Bertz CT molecular complexity index is 334. The van der Waals surface area contributed by atoms with E-state index in [1.54, 1.807) is 0 Å². The number of aliphatic hydroxyl groups is 1. The van der Waals surface area contributed by atoms with Crippen LogP contribution in [0, 0.1) is 0 Å². The quantitative estimate of drug-likeness (QED) is 0.847. The van der Waals surface area contributed by atoms with Crippen molar-refractivity contribution in [2.24, 2.45) is 0 Å². The Hall–Kier alpha value is -0.940. The van der Waals surface area contributed by atoms with Crippen LogP contribution in [-0.2, 0) is 11.2 Å². The molecule has 17 heavy (non-hydrogen) atoms. The molecule has 0 bridgehead atoms. The Kier molecular flexibility index (Phi) is 4.50. The van der Waals surface area contributed by atoms with Crippen molar-refractivity contribution in [2.75, 3.05) is 13.2 Å². The van der Waals surface area contributed by atoms with Crippen LogP contribution >= 0.6 is 0 Å². The molecular weight excluding hydrogens is 220 g/mol. The Morgan fingerprint density at radius 2 is 2.18 bits per heavy atom. The zero-order valence-electron chi connectivity index (χ0n) is 10.3. The Balaban J connectivity index is 1.90. The molecule has 0 amide bonds. The molecule has 1 N–H and O–H groups in total. The lowest BCUT2D eigenvalue weighted by Crippen LogP contribution is -2.15. The number of aliphatic hydroxyl groups excluding tert-OH is 1. The lowest BCUT2D eigenvalue weighted by Gasteiger charge is -2.18. The second-order valence-electron chi connectivity index (χ2n) is 4.58. The number of rotatable bonds is 5. The maximum Gasteiger partial charge on any atom is 0.229 e. The minimum Gasteiger partial charge on any atom is -0.393 e. The van der Waals surface area contributed by atoms with Crippen LogP contribution in [0.25, 0.3) is 0 Å². The van der Waals surface area contributed by atoms with Crippen LogP contribution in [0.2, 0.25) is 0 Å². The zero-order valence-corrected chi connectivity index (χ0v) is 10.3. The van der Waals surface area contributed by atoms with Crippen molar-refractivity contribution in [2.45, 2.75) is 51.0 Å². The summed E-state index contributed by atoms with van der Waals surface area (Å²) in [5, 5.41) is 13.7. The summed E-state index contributed by atoms with van der Waals surface area (Å²) in [7, 11) is 0. The molecule has 2 heterocycles.